The van der Waals surface area contributed by atoms with Crippen LogP contribution in [-0.4, -0.2) is 11.9 Å². The molecule has 0 heterocycles. The molecule has 0 aromatic heterocycles. The number of hydrogen-bond donors (Lipinski definition) is 0. The number of hydrogen-bond acceptors (Lipinski definition) is 4. The molecule has 0 radical (unpaired) electrons. The van der Waals surface area contributed by atoms with E-state index < -0.39 is 11.9 Å². The Labute approximate surface area is 200 Å². The maximum atomic E-state index is 12.2. The molecule has 4 heteroatoms. The molecule has 172 valence electrons. The Morgan fingerprint density at radius 3 is 1.88 bits per heavy atom. The first-order valence-electron chi connectivity index (χ1n) is 11.2. The van der Waals surface area contributed by atoms with E-state index >= 15 is 0 Å². The van der Waals surface area contributed by atoms with Gasteiger partial charge in [-0.15, -0.1) is 0 Å². The van der Waals surface area contributed by atoms with E-state index in [4.69, 9.17) is 9.47 Å². The Kier molecular flexibility index (Phi) is 8.75. The predicted octanol–water partition coefficient (Wildman–Crippen LogP) is 7.10. The molecule has 0 atom stereocenters. The van der Waals surface area contributed by atoms with E-state index in [-0.39, 0.29) is 0 Å². The van der Waals surface area contributed by atoms with Crippen LogP contribution in [0.3, 0.4) is 0 Å². The zero-order chi connectivity index (χ0) is 24.3. The normalized spacial score (nSPS) is 11.4. The molecule has 0 aliphatic heterocycles. The Hall–Kier alpha value is -4.18. The second kappa shape index (κ2) is 12.2. The van der Waals surface area contributed by atoms with Gasteiger partial charge in [0.2, 0.25) is 0 Å². The lowest BCUT2D eigenvalue weighted by atomic mass is 9.98. The largest absolute Gasteiger partial charge is 0.423 e. The molecule has 0 aliphatic rings. The summed E-state index contributed by atoms with van der Waals surface area (Å²) in [4.78, 5) is 23.9. The maximum absolute atomic E-state index is 12.2. The third-order valence-corrected chi connectivity index (χ3v) is 5.06. The van der Waals surface area contributed by atoms with Gasteiger partial charge in [0.1, 0.15) is 11.5 Å². The average molecular weight is 453 g/mol. The van der Waals surface area contributed by atoms with Crippen molar-refractivity contribution in [1.29, 1.82) is 0 Å². The van der Waals surface area contributed by atoms with Crippen LogP contribution in [0, 0.1) is 0 Å². The molecular weight excluding hydrogens is 424 g/mol. The van der Waals surface area contributed by atoms with Gasteiger partial charge in [0, 0.05) is 17.7 Å². The van der Waals surface area contributed by atoms with Crippen molar-refractivity contribution in [2.24, 2.45) is 0 Å². The molecule has 0 unspecified atom stereocenters. The van der Waals surface area contributed by atoms with Gasteiger partial charge in [0.25, 0.3) is 0 Å². The number of carbonyl (C=O) groups excluding carboxylic acids is 2. The van der Waals surface area contributed by atoms with Gasteiger partial charge in [0.15, 0.2) is 0 Å². The summed E-state index contributed by atoms with van der Waals surface area (Å²) in [6.07, 6.45) is 11.1. The van der Waals surface area contributed by atoms with Crippen LogP contribution >= 0.6 is 0 Å². The molecule has 0 N–H and O–H groups in total. The Bertz CT molecular complexity index is 1210. The first kappa shape index (κ1) is 24.5. The summed E-state index contributed by atoms with van der Waals surface area (Å²) in [6.45, 7) is 5.53. The molecule has 0 saturated carbocycles. The van der Waals surface area contributed by atoms with Gasteiger partial charge in [-0.25, -0.2) is 9.59 Å². The SMILES string of the molecule is C/C=C/Cc1ccc(-c2ccc(-c3ccc(OC(=O)/C=C/C)cc3)cc2OC(=O)/C=C/C)cc1. The zero-order valence-electron chi connectivity index (χ0n) is 19.7. The van der Waals surface area contributed by atoms with Crippen LogP contribution in [0.2, 0.25) is 0 Å². The number of rotatable bonds is 8. The van der Waals surface area contributed by atoms with Crippen LogP contribution in [0.4, 0.5) is 0 Å². The molecule has 3 aromatic rings. The Morgan fingerprint density at radius 1 is 0.676 bits per heavy atom. The molecular formula is C30H28O4. The third kappa shape index (κ3) is 6.66. The molecule has 0 amide bonds. The highest BCUT2D eigenvalue weighted by Crippen LogP contribution is 2.35. The molecule has 3 aromatic carbocycles. The fourth-order valence-electron chi connectivity index (χ4n) is 3.38. The highest BCUT2D eigenvalue weighted by molar-refractivity contribution is 5.87. The second-order valence-corrected chi connectivity index (χ2v) is 7.55. The standard InChI is InChI=1S/C30H28O4/c1-4-7-10-22-11-13-24(14-12-22)27-20-17-25(21-28(27)34-30(32)9-6-3)23-15-18-26(19-16-23)33-29(31)8-5-2/h4-9,11-21H,10H2,1-3H3/b7-4+,8-5+,9-6+. The van der Waals surface area contributed by atoms with E-state index in [1.807, 2.05) is 55.5 Å². The van der Waals surface area contributed by atoms with Gasteiger partial charge in [-0.3, -0.25) is 0 Å². The summed E-state index contributed by atoms with van der Waals surface area (Å²) in [7, 11) is 0. The quantitative estimate of drug-likeness (QED) is 0.158. The topological polar surface area (TPSA) is 52.6 Å². The highest BCUT2D eigenvalue weighted by Gasteiger charge is 2.12. The summed E-state index contributed by atoms with van der Waals surface area (Å²) < 4.78 is 10.9. The van der Waals surface area contributed by atoms with Crippen molar-refractivity contribution in [2.75, 3.05) is 0 Å². The molecule has 0 saturated heterocycles. The van der Waals surface area contributed by atoms with E-state index in [2.05, 4.69) is 18.2 Å². The summed E-state index contributed by atoms with van der Waals surface area (Å²) in [6, 6.07) is 21.2. The van der Waals surface area contributed by atoms with Crippen molar-refractivity contribution < 1.29 is 19.1 Å². The number of allylic oxidation sites excluding steroid dienone is 4. The minimum atomic E-state index is -0.433. The first-order valence-corrected chi connectivity index (χ1v) is 11.2. The lowest BCUT2D eigenvalue weighted by molar-refractivity contribution is -0.129. The van der Waals surface area contributed by atoms with Crippen LogP contribution in [0.15, 0.2) is 103 Å². The molecule has 0 spiro atoms. The number of esters is 2. The fraction of sp³-hybridized carbons (Fsp3) is 0.133. The van der Waals surface area contributed by atoms with E-state index in [1.165, 1.54) is 17.7 Å². The van der Waals surface area contributed by atoms with Crippen molar-refractivity contribution >= 4 is 11.9 Å². The third-order valence-electron chi connectivity index (χ3n) is 5.06. The Balaban J connectivity index is 1.93. The monoisotopic (exact) mass is 452 g/mol. The fourth-order valence-corrected chi connectivity index (χ4v) is 3.38. The van der Waals surface area contributed by atoms with Crippen LogP contribution in [-0.2, 0) is 16.0 Å². The smallest absolute Gasteiger partial charge is 0.335 e. The lowest BCUT2D eigenvalue weighted by Gasteiger charge is -2.13. The van der Waals surface area contributed by atoms with E-state index in [0.717, 1.165) is 28.7 Å². The van der Waals surface area contributed by atoms with Crippen LogP contribution in [0.25, 0.3) is 22.3 Å². The van der Waals surface area contributed by atoms with Gasteiger partial charge in [0.05, 0.1) is 0 Å². The number of carbonyl (C=O) groups is 2. The summed E-state index contributed by atoms with van der Waals surface area (Å²) in [5, 5.41) is 0. The van der Waals surface area contributed by atoms with Gasteiger partial charge in [-0.1, -0.05) is 72.8 Å². The van der Waals surface area contributed by atoms with Crippen molar-refractivity contribution in [3.8, 4) is 33.8 Å². The minimum Gasteiger partial charge on any atom is -0.423 e. The minimum absolute atomic E-state index is 0.422. The summed E-state index contributed by atoms with van der Waals surface area (Å²) >= 11 is 0. The van der Waals surface area contributed by atoms with Crippen molar-refractivity contribution in [1.82, 2.24) is 0 Å². The molecule has 4 nitrogen and oxygen atoms in total. The molecule has 34 heavy (non-hydrogen) atoms. The van der Waals surface area contributed by atoms with Crippen molar-refractivity contribution in [3.05, 3.63) is 109 Å². The highest BCUT2D eigenvalue weighted by atomic mass is 16.5. The van der Waals surface area contributed by atoms with Crippen LogP contribution in [0.1, 0.15) is 26.3 Å². The van der Waals surface area contributed by atoms with Crippen LogP contribution in [0.5, 0.6) is 11.5 Å². The maximum Gasteiger partial charge on any atom is 0.335 e. The number of ether oxygens (including phenoxy) is 2. The lowest BCUT2D eigenvalue weighted by Crippen LogP contribution is -2.05. The zero-order valence-corrected chi connectivity index (χ0v) is 19.7. The van der Waals surface area contributed by atoms with Crippen molar-refractivity contribution in [3.63, 3.8) is 0 Å². The van der Waals surface area contributed by atoms with Gasteiger partial charge in [-0.05, 0) is 67.6 Å². The van der Waals surface area contributed by atoms with E-state index in [0.29, 0.717) is 11.5 Å². The van der Waals surface area contributed by atoms with Crippen LogP contribution < -0.4 is 9.47 Å². The summed E-state index contributed by atoms with van der Waals surface area (Å²) in [5.41, 5.74) is 4.79. The van der Waals surface area contributed by atoms with Crippen molar-refractivity contribution in [2.45, 2.75) is 27.2 Å². The first-order chi connectivity index (χ1) is 16.5. The summed E-state index contributed by atoms with van der Waals surface area (Å²) in [5.74, 6) is 0.0814. The Morgan fingerprint density at radius 2 is 1.26 bits per heavy atom. The van der Waals surface area contributed by atoms with Gasteiger partial charge < -0.3 is 9.47 Å². The average Bonchev–Trinajstić information content (AvgIpc) is 2.84. The second-order valence-electron chi connectivity index (χ2n) is 7.55. The molecule has 0 bridgehead atoms. The van der Waals surface area contributed by atoms with Gasteiger partial charge >= 0.3 is 11.9 Å². The molecule has 0 fully saturated rings. The molecule has 0 aliphatic carbocycles. The van der Waals surface area contributed by atoms with E-state index in [1.54, 1.807) is 38.1 Å². The van der Waals surface area contributed by atoms with Gasteiger partial charge in [-0.2, -0.15) is 0 Å². The molecule has 3 rings (SSSR count). The predicted molar refractivity (Wildman–Crippen MR) is 137 cm³/mol. The number of benzene rings is 3. The van der Waals surface area contributed by atoms with E-state index in [9.17, 15) is 9.59 Å².